The second-order valence-electron chi connectivity index (χ2n) is 4.66. The van der Waals surface area contributed by atoms with Crippen LogP contribution in [0.15, 0.2) is 24.3 Å². The van der Waals surface area contributed by atoms with Gasteiger partial charge in [-0.3, -0.25) is 0 Å². The Morgan fingerprint density at radius 2 is 2.00 bits per heavy atom. The molecule has 5 heteroatoms. The molecule has 112 valence electrons. The third kappa shape index (κ3) is 4.08. The first-order valence-electron chi connectivity index (χ1n) is 7.09. The van der Waals surface area contributed by atoms with E-state index in [0.717, 1.165) is 40.8 Å². The van der Waals surface area contributed by atoms with Crippen molar-refractivity contribution < 1.29 is 4.74 Å². The van der Waals surface area contributed by atoms with E-state index in [2.05, 4.69) is 22.2 Å². The molecule has 0 aliphatic rings. The maximum absolute atomic E-state index is 5.98. The Bertz CT molecular complexity index is 616. The van der Waals surface area contributed by atoms with Crippen LogP contribution < -0.4 is 10.1 Å². The number of alkyl halides is 1. The van der Waals surface area contributed by atoms with E-state index in [4.69, 9.17) is 16.3 Å². The van der Waals surface area contributed by atoms with Crippen molar-refractivity contribution in [3.8, 4) is 5.75 Å². The molecule has 0 aliphatic carbocycles. The van der Waals surface area contributed by atoms with Crippen LogP contribution in [-0.4, -0.2) is 16.6 Å². The quantitative estimate of drug-likeness (QED) is 0.811. The first-order valence-corrected chi connectivity index (χ1v) is 7.63. The lowest BCUT2D eigenvalue weighted by atomic mass is 10.2. The first-order chi connectivity index (χ1) is 10.2. The molecule has 0 spiro atoms. The van der Waals surface area contributed by atoms with Gasteiger partial charge >= 0.3 is 0 Å². The predicted molar refractivity (Wildman–Crippen MR) is 86.6 cm³/mol. The lowest BCUT2D eigenvalue weighted by Crippen LogP contribution is -2.01. The standard InChI is InChI=1S/C16H20ClN3O/c1-4-13-9-16(19-11(3)18-13)20-14-6-7-15(21-5-2)12(8-14)10-17/h6-9H,4-5,10H2,1-3H3,(H,18,19,20). The molecule has 0 saturated heterocycles. The maximum atomic E-state index is 5.98. The molecule has 0 radical (unpaired) electrons. The minimum atomic E-state index is 0.411. The molecule has 1 aromatic carbocycles. The highest BCUT2D eigenvalue weighted by Crippen LogP contribution is 2.26. The summed E-state index contributed by atoms with van der Waals surface area (Å²) in [6.07, 6.45) is 0.883. The van der Waals surface area contributed by atoms with Gasteiger partial charge in [-0.15, -0.1) is 11.6 Å². The summed E-state index contributed by atoms with van der Waals surface area (Å²) in [4.78, 5) is 8.78. The summed E-state index contributed by atoms with van der Waals surface area (Å²) in [6.45, 7) is 6.56. The third-order valence-corrected chi connectivity index (χ3v) is 3.32. The normalized spacial score (nSPS) is 10.5. The van der Waals surface area contributed by atoms with Crippen molar-refractivity contribution in [2.45, 2.75) is 33.1 Å². The smallest absolute Gasteiger partial charge is 0.134 e. The van der Waals surface area contributed by atoms with Gasteiger partial charge in [0.25, 0.3) is 0 Å². The summed E-state index contributed by atoms with van der Waals surface area (Å²) < 4.78 is 5.55. The Balaban J connectivity index is 2.25. The van der Waals surface area contributed by atoms with Crippen LogP contribution in [0.3, 0.4) is 0 Å². The number of hydrogen-bond acceptors (Lipinski definition) is 4. The first kappa shape index (κ1) is 15.6. The monoisotopic (exact) mass is 305 g/mol. The van der Waals surface area contributed by atoms with Crippen molar-refractivity contribution in [3.05, 3.63) is 41.3 Å². The zero-order valence-electron chi connectivity index (χ0n) is 12.6. The highest BCUT2D eigenvalue weighted by Gasteiger charge is 2.06. The Labute approximate surface area is 130 Å². The second kappa shape index (κ2) is 7.27. The van der Waals surface area contributed by atoms with Crippen LogP contribution in [0.5, 0.6) is 5.75 Å². The molecule has 0 atom stereocenters. The summed E-state index contributed by atoms with van der Waals surface area (Å²) in [5.74, 6) is 2.80. The molecule has 0 aliphatic heterocycles. The molecule has 1 heterocycles. The van der Waals surface area contributed by atoms with Crippen molar-refractivity contribution in [2.24, 2.45) is 0 Å². The minimum Gasteiger partial charge on any atom is -0.494 e. The van der Waals surface area contributed by atoms with E-state index in [1.807, 2.05) is 38.1 Å². The molecule has 4 nitrogen and oxygen atoms in total. The number of nitrogens with zero attached hydrogens (tertiary/aromatic N) is 2. The van der Waals surface area contributed by atoms with E-state index >= 15 is 0 Å². The SMILES string of the molecule is CCOc1ccc(Nc2cc(CC)nc(C)n2)cc1CCl. The van der Waals surface area contributed by atoms with Gasteiger partial charge < -0.3 is 10.1 Å². The van der Waals surface area contributed by atoms with Crippen LogP contribution in [0.1, 0.15) is 30.9 Å². The number of aromatic nitrogens is 2. The summed E-state index contributed by atoms with van der Waals surface area (Å²) in [5.41, 5.74) is 2.92. The van der Waals surface area contributed by atoms with Crippen molar-refractivity contribution in [3.63, 3.8) is 0 Å². The van der Waals surface area contributed by atoms with Gasteiger partial charge in [0.2, 0.25) is 0 Å². The van der Waals surface area contributed by atoms with E-state index in [-0.39, 0.29) is 0 Å². The number of nitrogens with one attached hydrogen (secondary N) is 1. The lowest BCUT2D eigenvalue weighted by molar-refractivity contribution is 0.337. The fourth-order valence-corrected chi connectivity index (χ4v) is 2.29. The van der Waals surface area contributed by atoms with Crippen LogP contribution in [0, 0.1) is 6.92 Å². The summed E-state index contributed by atoms with van der Waals surface area (Å²) >= 11 is 5.98. The molecule has 0 amide bonds. The maximum Gasteiger partial charge on any atom is 0.134 e. The Morgan fingerprint density at radius 1 is 1.19 bits per heavy atom. The largest absolute Gasteiger partial charge is 0.494 e. The van der Waals surface area contributed by atoms with Gasteiger partial charge in [0.05, 0.1) is 12.5 Å². The van der Waals surface area contributed by atoms with E-state index < -0.39 is 0 Å². The molecular weight excluding hydrogens is 286 g/mol. The van der Waals surface area contributed by atoms with Gasteiger partial charge in [0, 0.05) is 23.0 Å². The minimum absolute atomic E-state index is 0.411. The number of benzene rings is 1. The van der Waals surface area contributed by atoms with Crippen molar-refractivity contribution in [1.82, 2.24) is 9.97 Å². The Hall–Kier alpha value is -1.81. The predicted octanol–water partition coefficient (Wildman–Crippen LogP) is 4.23. The Morgan fingerprint density at radius 3 is 2.67 bits per heavy atom. The highest BCUT2D eigenvalue weighted by atomic mass is 35.5. The lowest BCUT2D eigenvalue weighted by Gasteiger charge is -2.12. The van der Waals surface area contributed by atoms with Gasteiger partial charge in [-0.1, -0.05) is 6.92 Å². The summed E-state index contributed by atoms with van der Waals surface area (Å²) in [6, 6.07) is 7.84. The van der Waals surface area contributed by atoms with Gasteiger partial charge in [0.1, 0.15) is 17.4 Å². The number of ether oxygens (including phenoxy) is 1. The number of halogens is 1. The number of rotatable bonds is 6. The summed E-state index contributed by atoms with van der Waals surface area (Å²) in [7, 11) is 0. The van der Waals surface area contributed by atoms with Gasteiger partial charge in [-0.2, -0.15) is 0 Å². The van der Waals surface area contributed by atoms with Crippen LogP contribution in [0.4, 0.5) is 11.5 Å². The fourth-order valence-electron chi connectivity index (χ4n) is 2.08. The van der Waals surface area contributed by atoms with E-state index in [1.54, 1.807) is 0 Å². The molecular formula is C16H20ClN3O. The van der Waals surface area contributed by atoms with Crippen LogP contribution in [0.2, 0.25) is 0 Å². The molecule has 1 aromatic heterocycles. The third-order valence-electron chi connectivity index (χ3n) is 3.03. The zero-order valence-corrected chi connectivity index (χ0v) is 13.4. The average Bonchev–Trinajstić information content (AvgIpc) is 2.48. The van der Waals surface area contributed by atoms with E-state index in [0.29, 0.717) is 12.5 Å². The van der Waals surface area contributed by atoms with Crippen LogP contribution in [0.25, 0.3) is 0 Å². The number of hydrogen-bond donors (Lipinski definition) is 1. The fraction of sp³-hybridized carbons (Fsp3) is 0.375. The van der Waals surface area contributed by atoms with Crippen molar-refractivity contribution >= 4 is 23.1 Å². The van der Waals surface area contributed by atoms with Crippen molar-refractivity contribution in [1.29, 1.82) is 0 Å². The van der Waals surface area contributed by atoms with Crippen LogP contribution >= 0.6 is 11.6 Å². The van der Waals surface area contributed by atoms with Crippen LogP contribution in [-0.2, 0) is 12.3 Å². The molecule has 0 saturated carbocycles. The molecule has 1 N–H and O–H groups in total. The molecule has 2 aromatic rings. The average molecular weight is 306 g/mol. The number of anilines is 2. The molecule has 0 unspecified atom stereocenters. The van der Waals surface area contributed by atoms with E-state index in [1.165, 1.54) is 0 Å². The number of aryl methyl sites for hydroxylation is 2. The molecule has 2 rings (SSSR count). The topological polar surface area (TPSA) is 47.0 Å². The Kier molecular flexibility index (Phi) is 5.39. The highest BCUT2D eigenvalue weighted by molar-refractivity contribution is 6.17. The van der Waals surface area contributed by atoms with Gasteiger partial charge in [-0.25, -0.2) is 9.97 Å². The van der Waals surface area contributed by atoms with Gasteiger partial charge in [-0.05, 0) is 38.5 Å². The van der Waals surface area contributed by atoms with E-state index in [9.17, 15) is 0 Å². The molecule has 21 heavy (non-hydrogen) atoms. The summed E-state index contributed by atoms with van der Waals surface area (Å²) in [5, 5.41) is 3.30. The van der Waals surface area contributed by atoms with Crippen molar-refractivity contribution in [2.75, 3.05) is 11.9 Å². The molecule has 0 fully saturated rings. The molecule has 0 bridgehead atoms. The second-order valence-corrected chi connectivity index (χ2v) is 4.93. The zero-order chi connectivity index (χ0) is 15.2. The van der Waals surface area contributed by atoms with Gasteiger partial charge in [0.15, 0.2) is 0 Å².